The molecule has 6 aromatic rings. The maximum atomic E-state index is 15.1. The third-order valence-electron chi connectivity index (χ3n) is 7.77. The summed E-state index contributed by atoms with van der Waals surface area (Å²) in [4.78, 5) is 14.1. The molecule has 0 aliphatic rings. The fraction of sp³-hybridized carbons (Fsp3) is 0.0571. The van der Waals surface area contributed by atoms with Crippen molar-refractivity contribution in [1.29, 1.82) is 0 Å². The Kier molecular flexibility index (Phi) is 8.93. The van der Waals surface area contributed by atoms with Crippen molar-refractivity contribution in [3.8, 4) is 22.3 Å². The maximum Gasteiger partial charge on any atom is 0.262 e. The standard InChI is InChI=1S/C35H22Cl4O5S2/c36-19-21-15-29(27-13-5-9-23-7-1-3-11-25(23)27)33(31(17-21)45(38,41)42)35(40)34-30(16-22(20-37)18-32(34)46(39,43)44)28-14-6-10-24-8-2-4-12-26(24)28/h1-18H,19-20H2. The van der Waals surface area contributed by atoms with Crippen LogP contribution in [-0.2, 0) is 29.9 Å². The fourth-order valence-corrected chi connectivity index (χ4v) is 8.34. The zero-order chi connectivity index (χ0) is 32.8. The first-order valence-corrected chi connectivity index (χ1v) is 19.5. The summed E-state index contributed by atoms with van der Waals surface area (Å²) in [6.07, 6.45) is 0. The van der Waals surface area contributed by atoms with E-state index in [4.69, 9.17) is 44.6 Å². The highest BCUT2D eigenvalue weighted by Gasteiger charge is 2.33. The Morgan fingerprint density at radius 3 is 1.24 bits per heavy atom. The number of rotatable bonds is 8. The summed E-state index contributed by atoms with van der Waals surface area (Å²) in [6.45, 7) is 0. The molecule has 0 saturated heterocycles. The molecule has 0 amide bonds. The summed E-state index contributed by atoms with van der Waals surface area (Å²) in [5.74, 6) is -1.08. The number of benzene rings is 6. The van der Waals surface area contributed by atoms with Crippen LogP contribution in [-0.4, -0.2) is 22.6 Å². The molecular weight excluding hydrogens is 706 g/mol. The van der Waals surface area contributed by atoms with Crippen LogP contribution in [0.2, 0.25) is 0 Å². The lowest BCUT2D eigenvalue weighted by molar-refractivity contribution is 0.103. The van der Waals surface area contributed by atoms with Crippen molar-refractivity contribution < 1.29 is 21.6 Å². The lowest BCUT2D eigenvalue weighted by atomic mass is 9.86. The highest BCUT2D eigenvalue weighted by Crippen LogP contribution is 2.42. The zero-order valence-corrected chi connectivity index (χ0v) is 28.3. The molecular formula is C35H22Cl4O5S2. The van der Waals surface area contributed by atoms with Crippen molar-refractivity contribution in [3.63, 3.8) is 0 Å². The van der Waals surface area contributed by atoms with Crippen molar-refractivity contribution in [1.82, 2.24) is 0 Å². The molecule has 46 heavy (non-hydrogen) atoms. The van der Waals surface area contributed by atoms with Gasteiger partial charge in [-0.15, -0.1) is 23.2 Å². The predicted molar refractivity (Wildman–Crippen MR) is 187 cm³/mol. The van der Waals surface area contributed by atoms with Crippen LogP contribution in [0.1, 0.15) is 27.0 Å². The Hall–Kier alpha value is -3.43. The number of hydrogen-bond acceptors (Lipinski definition) is 5. The number of carbonyl (C=O) groups is 1. The number of ketones is 1. The number of halogens is 4. The highest BCUT2D eigenvalue weighted by atomic mass is 35.7. The van der Waals surface area contributed by atoms with Gasteiger partial charge in [0.25, 0.3) is 18.1 Å². The average Bonchev–Trinajstić information content (AvgIpc) is 3.05. The summed E-state index contributed by atoms with van der Waals surface area (Å²) in [5, 5.41) is 3.11. The topological polar surface area (TPSA) is 85.3 Å². The molecule has 6 aromatic carbocycles. The van der Waals surface area contributed by atoms with Gasteiger partial charge in [0, 0.05) is 33.1 Å². The summed E-state index contributed by atoms with van der Waals surface area (Å²) in [6, 6.07) is 31.3. The molecule has 0 spiro atoms. The van der Waals surface area contributed by atoms with Crippen molar-refractivity contribution in [2.75, 3.05) is 0 Å². The molecule has 0 saturated carbocycles. The average molecular weight is 729 g/mol. The monoisotopic (exact) mass is 726 g/mol. The summed E-state index contributed by atoms with van der Waals surface area (Å²) in [7, 11) is 2.88. The van der Waals surface area contributed by atoms with Crippen molar-refractivity contribution in [3.05, 3.63) is 131 Å². The Morgan fingerprint density at radius 1 is 0.500 bits per heavy atom. The second-order valence-electron chi connectivity index (χ2n) is 10.6. The second-order valence-corrected chi connectivity index (χ2v) is 16.2. The zero-order valence-electron chi connectivity index (χ0n) is 23.7. The molecule has 0 aromatic heterocycles. The molecule has 0 unspecified atom stereocenters. The van der Waals surface area contributed by atoms with Gasteiger partial charge in [0.2, 0.25) is 0 Å². The van der Waals surface area contributed by atoms with Gasteiger partial charge in [0.1, 0.15) is 0 Å². The molecule has 5 nitrogen and oxygen atoms in total. The van der Waals surface area contributed by atoms with Gasteiger partial charge < -0.3 is 0 Å². The number of fused-ring (bicyclic) bond motifs is 2. The number of alkyl halides is 2. The van der Waals surface area contributed by atoms with E-state index >= 15 is 4.79 Å². The lowest BCUT2D eigenvalue weighted by Gasteiger charge is -2.20. The van der Waals surface area contributed by atoms with E-state index in [1.165, 1.54) is 12.1 Å². The molecule has 0 atom stereocenters. The first-order chi connectivity index (χ1) is 21.9. The molecule has 0 bridgehead atoms. The first-order valence-electron chi connectivity index (χ1n) is 13.8. The third kappa shape index (κ3) is 6.04. The minimum atomic E-state index is -4.59. The Morgan fingerprint density at radius 2 is 0.870 bits per heavy atom. The third-order valence-corrected chi connectivity index (χ3v) is 11.1. The van der Waals surface area contributed by atoms with Crippen LogP contribution in [0.25, 0.3) is 43.8 Å². The Labute approximate surface area is 285 Å². The summed E-state index contributed by atoms with van der Waals surface area (Å²) >= 11 is 12.4. The van der Waals surface area contributed by atoms with Gasteiger partial charge in [0.05, 0.1) is 20.9 Å². The minimum Gasteiger partial charge on any atom is -0.288 e. The molecule has 0 radical (unpaired) electrons. The smallest absolute Gasteiger partial charge is 0.262 e. The van der Waals surface area contributed by atoms with Crippen molar-refractivity contribution in [2.45, 2.75) is 21.6 Å². The molecule has 232 valence electrons. The van der Waals surface area contributed by atoms with Gasteiger partial charge in [-0.2, -0.15) is 0 Å². The van der Waals surface area contributed by atoms with E-state index in [2.05, 4.69) is 0 Å². The largest absolute Gasteiger partial charge is 0.288 e. The van der Waals surface area contributed by atoms with Crippen molar-refractivity contribution in [2.24, 2.45) is 0 Å². The Bertz CT molecular complexity index is 2250. The van der Waals surface area contributed by atoms with Crippen molar-refractivity contribution >= 4 is 90.0 Å². The van der Waals surface area contributed by atoms with E-state index in [0.717, 1.165) is 21.5 Å². The molecule has 0 fully saturated rings. The van der Waals surface area contributed by atoms with Crippen LogP contribution in [0.5, 0.6) is 0 Å². The van der Waals surface area contributed by atoms with Crippen LogP contribution >= 0.6 is 44.6 Å². The minimum absolute atomic E-state index is 0.0847. The van der Waals surface area contributed by atoms with Gasteiger partial charge in [-0.3, -0.25) is 4.79 Å². The van der Waals surface area contributed by atoms with Crippen LogP contribution in [0.3, 0.4) is 0 Å². The number of carbonyl (C=O) groups excluding carboxylic acids is 1. The molecule has 0 heterocycles. The Balaban J connectivity index is 1.80. The fourth-order valence-electron chi connectivity index (χ4n) is 5.82. The van der Waals surface area contributed by atoms with E-state index in [1.54, 1.807) is 36.4 Å². The first kappa shape index (κ1) is 32.5. The molecule has 0 aliphatic heterocycles. The highest BCUT2D eigenvalue weighted by molar-refractivity contribution is 8.14. The normalized spacial score (nSPS) is 12.1. The molecule has 0 aliphatic carbocycles. The van der Waals surface area contributed by atoms with Gasteiger partial charge in [-0.25, -0.2) is 16.8 Å². The molecule has 6 rings (SSSR count). The van der Waals surface area contributed by atoms with E-state index in [9.17, 15) is 16.8 Å². The summed E-state index contributed by atoms with van der Waals surface area (Å²) < 4.78 is 52.9. The molecule has 11 heteroatoms. The maximum absolute atomic E-state index is 15.1. The van der Waals surface area contributed by atoms with E-state index < -0.39 is 33.7 Å². The SMILES string of the molecule is O=C(c1c(-c2cccc3ccccc23)cc(CCl)cc1S(=O)(=O)Cl)c1c(-c2cccc3ccccc23)cc(CCl)cc1S(=O)(=O)Cl. The number of hydrogen-bond donors (Lipinski definition) is 0. The second kappa shape index (κ2) is 12.6. The quantitative estimate of drug-likeness (QED) is 0.0885. The van der Waals surface area contributed by atoms with Gasteiger partial charge in [-0.05, 0) is 79.2 Å². The van der Waals surface area contributed by atoms with E-state index in [-0.39, 0.29) is 34.0 Å². The van der Waals surface area contributed by atoms with E-state index in [1.807, 2.05) is 60.7 Å². The van der Waals surface area contributed by atoms with Crippen LogP contribution < -0.4 is 0 Å². The predicted octanol–water partition coefficient (Wildman–Crippen LogP) is 9.89. The van der Waals surface area contributed by atoms with Crippen LogP contribution in [0.15, 0.2) is 119 Å². The van der Waals surface area contributed by atoms with Gasteiger partial charge >= 0.3 is 0 Å². The van der Waals surface area contributed by atoms with Crippen LogP contribution in [0.4, 0.5) is 0 Å². The van der Waals surface area contributed by atoms with Gasteiger partial charge in [-0.1, -0.05) is 84.9 Å². The van der Waals surface area contributed by atoms with Gasteiger partial charge in [0.15, 0.2) is 5.78 Å². The van der Waals surface area contributed by atoms with Crippen LogP contribution in [0, 0.1) is 0 Å². The lowest BCUT2D eigenvalue weighted by Crippen LogP contribution is -2.15. The molecule has 0 N–H and O–H groups in total. The summed E-state index contributed by atoms with van der Waals surface area (Å²) in [5.41, 5.74) is 1.60. The van der Waals surface area contributed by atoms with E-state index in [0.29, 0.717) is 22.3 Å².